The summed E-state index contributed by atoms with van der Waals surface area (Å²) in [6.45, 7) is 9.73. The van der Waals surface area contributed by atoms with Crippen LogP contribution < -0.4 is 0 Å². The van der Waals surface area contributed by atoms with Gasteiger partial charge in [0.1, 0.15) is 11.9 Å². The summed E-state index contributed by atoms with van der Waals surface area (Å²) < 4.78 is 34.3. The van der Waals surface area contributed by atoms with Crippen LogP contribution in [0.2, 0.25) is 0 Å². The van der Waals surface area contributed by atoms with Crippen LogP contribution in [0.25, 0.3) is 0 Å². The Balaban J connectivity index is 3.19. The van der Waals surface area contributed by atoms with Crippen LogP contribution in [-0.2, 0) is 57.2 Å². The summed E-state index contributed by atoms with van der Waals surface area (Å²) in [4.78, 5) is 96.1. The van der Waals surface area contributed by atoms with Crippen LogP contribution in [-0.4, -0.2) is 136 Å². The summed E-state index contributed by atoms with van der Waals surface area (Å²) in [5.41, 5.74) is 0. The lowest BCUT2D eigenvalue weighted by Gasteiger charge is -2.22. The van der Waals surface area contributed by atoms with E-state index in [1.54, 1.807) is 0 Å². The predicted molar refractivity (Wildman–Crippen MR) is 292 cm³/mol. The number of aliphatic hydroxyl groups is 1. The van der Waals surface area contributed by atoms with Crippen LogP contribution in [0.5, 0.6) is 0 Å². The summed E-state index contributed by atoms with van der Waals surface area (Å²) in [6.07, 6.45) is 24.6. The van der Waals surface area contributed by atoms with E-state index in [0.717, 1.165) is 128 Å². The monoisotopic (exact) mass is 1070 g/mol. The topological polar surface area (TPSA) is 202 Å². The van der Waals surface area contributed by atoms with Crippen molar-refractivity contribution in [1.29, 1.82) is 0 Å². The number of amides is 1. The number of rotatable bonds is 50. The summed E-state index contributed by atoms with van der Waals surface area (Å²) in [7, 11) is 1.93. The maximum absolute atomic E-state index is 14.0. The standard InChI is InChI=1S/C59H106N2O14/c1-6-10-14-18-22-26-32-54(64)71-45-49(46-72-55(65)33-27-23-19-15-11-7-2)40-52(63)42-51-43-61(59(69)70-39-31-37-60(5)36-30-38-62)44-53(51)75-58(68)41-50(47-73-56(66)34-28-24-20-16-12-8-3)48-74-57(67)35-29-25-21-17-13-9-4/h49-51,53,62H,6-48H2,1-5H3/t51-,53+/m0/s1. The van der Waals surface area contributed by atoms with Gasteiger partial charge in [0, 0.05) is 82.5 Å². The highest BCUT2D eigenvalue weighted by molar-refractivity contribution is 5.80. The van der Waals surface area contributed by atoms with Gasteiger partial charge in [-0.1, -0.05) is 156 Å². The largest absolute Gasteiger partial charge is 0.465 e. The van der Waals surface area contributed by atoms with Gasteiger partial charge in [0.25, 0.3) is 0 Å². The number of ketones is 1. The maximum atomic E-state index is 14.0. The summed E-state index contributed by atoms with van der Waals surface area (Å²) >= 11 is 0. The molecule has 1 rings (SSSR count). The van der Waals surface area contributed by atoms with Crippen molar-refractivity contribution >= 4 is 41.7 Å². The Kier molecular flexibility index (Phi) is 43.8. The summed E-state index contributed by atoms with van der Waals surface area (Å²) in [5, 5.41) is 9.18. The number of hydrogen-bond acceptors (Lipinski definition) is 15. The molecule has 2 atom stereocenters. The Morgan fingerprint density at radius 1 is 0.467 bits per heavy atom. The highest BCUT2D eigenvalue weighted by atomic mass is 16.6. The van der Waals surface area contributed by atoms with Crippen LogP contribution >= 0.6 is 0 Å². The Morgan fingerprint density at radius 2 is 0.840 bits per heavy atom. The first kappa shape index (κ1) is 69.2. The Hall–Kier alpha value is -3.79. The first-order chi connectivity index (χ1) is 36.3. The summed E-state index contributed by atoms with van der Waals surface area (Å²) in [5.74, 6) is -4.32. The lowest BCUT2D eigenvalue weighted by Crippen LogP contribution is -2.33. The van der Waals surface area contributed by atoms with Crippen molar-refractivity contribution < 1.29 is 67.1 Å². The third-order valence-corrected chi connectivity index (χ3v) is 13.8. The van der Waals surface area contributed by atoms with Gasteiger partial charge in [-0.05, 0) is 45.6 Å². The quantitative estimate of drug-likeness (QED) is 0.0342. The SMILES string of the molecule is CCCCCCCCC(=O)OCC(COC(=O)CCCCCCCC)CC(=O)C[C@H]1CN(C(=O)OCCCN(C)CCCO)C[C@H]1OC(=O)CC(COC(=O)CCCCCCCC)COC(=O)CCCCCCCC. The molecule has 1 aliphatic rings. The van der Waals surface area contributed by atoms with E-state index < -0.39 is 35.9 Å². The van der Waals surface area contributed by atoms with Gasteiger partial charge < -0.3 is 43.3 Å². The zero-order valence-corrected chi connectivity index (χ0v) is 47.9. The van der Waals surface area contributed by atoms with E-state index >= 15 is 0 Å². The molecule has 1 amide bonds. The van der Waals surface area contributed by atoms with E-state index in [1.807, 2.05) is 11.9 Å². The van der Waals surface area contributed by atoms with E-state index in [0.29, 0.717) is 51.6 Å². The molecule has 0 aromatic heterocycles. The Morgan fingerprint density at radius 3 is 1.24 bits per heavy atom. The van der Waals surface area contributed by atoms with Crippen molar-refractivity contribution in [3.8, 4) is 0 Å². The molecule has 1 saturated heterocycles. The lowest BCUT2D eigenvalue weighted by atomic mass is 9.94. The van der Waals surface area contributed by atoms with Gasteiger partial charge in [-0.15, -0.1) is 0 Å². The fourth-order valence-electron chi connectivity index (χ4n) is 9.17. The normalized spacial score (nSPS) is 14.4. The van der Waals surface area contributed by atoms with Gasteiger partial charge in [-0.2, -0.15) is 0 Å². The van der Waals surface area contributed by atoms with Crippen LogP contribution in [0.1, 0.15) is 240 Å². The minimum atomic E-state index is -0.895. The highest BCUT2D eigenvalue weighted by Crippen LogP contribution is 2.27. The van der Waals surface area contributed by atoms with E-state index in [9.17, 15) is 38.7 Å². The first-order valence-electron chi connectivity index (χ1n) is 29.9. The molecule has 0 saturated carbocycles. The van der Waals surface area contributed by atoms with E-state index in [1.165, 1.54) is 4.90 Å². The molecule has 75 heavy (non-hydrogen) atoms. The van der Waals surface area contributed by atoms with Crippen molar-refractivity contribution in [2.24, 2.45) is 17.8 Å². The fraction of sp³-hybridized carbons (Fsp3) is 0.881. The molecule has 1 fully saturated rings. The number of aliphatic hydroxyl groups excluding tert-OH is 1. The van der Waals surface area contributed by atoms with Crippen molar-refractivity contribution in [3.63, 3.8) is 0 Å². The number of Topliss-reactive ketones (excluding diaryl/α,β-unsaturated/α-hetero) is 1. The Labute approximate surface area is 453 Å². The zero-order valence-electron chi connectivity index (χ0n) is 47.9. The molecule has 1 N–H and O–H groups in total. The van der Waals surface area contributed by atoms with Crippen LogP contribution in [0, 0.1) is 17.8 Å². The number of hydrogen-bond donors (Lipinski definition) is 1. The first-order valence-corrected chi connectivity index (χ1v) is 29.9. The molecular formula is C59H106N2O14. The molecule has 0 radical (unpaired) electrons. The van der Waals surface area contributed by atoms with Gasteiger partial charge in [-0.3, -0.25) is 28.8 Å². The minimum absolute atomic E-state index is 0.0282. The molecule has 1 heterocycles. The third-order valence-electron chi connectivity index (χ3n) is 13.8. The lowest BCUT2D eigenvalue weighted by molar-refractivity contribution is -0.158. The van der Waals surface area contributed by atoms with E-state index in [2.05, 4.69) is 27.7 Å². The maximum Gasteiger partial charge on any atom is 0.409 e. The molecular weight excluding hydrogens is 961 g/mol. The summed E-state index contributed by atoms with van der Waals surface area (Å²) in [6, 6.07) is 0. The molecule has 16 heteroatoms. The smallest absolute Gasteiger partial charge is 0.409 e. The van der Waals surface area contributed by atoms with Crippen molar-refractivity contribution in [3.05, 3.63) is 0 Å². The second-order valence-corrected chi connectivity index (χ2v) is 21.2. The van der Waals surface area contributed by atoms with Gasteiger partial charge in [0.05, 0.1) is 46.0 Å². The molecule has 0 aliphatic carbocycles. The number of carbonyl (C=O) groups excluding carboxylic acids is 7. The van der Waals surface area contributed by atoms with Gasteiger partial charge in [0.15, 0.2) is 0 Å². The van der Waals surface area contributed by atoms with Crippen LogP contribution in [0.3, 0.4) is 0 Å². The molecule has 0 aromatic carbocycles. The van der Waals surface area contributed by atoms with Crippen molar-refractivity contribution in [1.82, 2.24) is 9.80 Å². The van der Waals surface area contributed by atoms with Gasteiger partial charge in [-0.25, -0.2) is 4.79 Å². The van der Waals surface area contributed by atoms with Crippen LogP contribution in [0.15, 0.2) is 0 Å². The number of nitrogens with zero attached hydrogens (tertiary/aromatic N) is 2. The van der Waals surface area contributed by atoms with Crippen molar-refractivity contribution in [2.75, 3.05) is 72.9 Å². The number of esters is 5. The molecule has 0 bridgehead atoms. The number of ether oxygens (including phenoxy) is 6. The Bertz CT molecular complexity index is 1360. The predicted octanol–water partition coefficient (Wildman–Crippen LogP) is 11.8. The molecule has 0 unspecified atom stereocenters. The molecule has 1 aliphatic heterocycles. The molecule has 0 aromatic rings. The molecule has 436 valence electrons. The average molecular weight is 1070 g/mol. The molecule has 16 nitrogen and oxygen atoms in total. The average Bonchev–Trinajstić information content (AvgIpc) is 3.78. The second kappa shape index (κ2) is 47.4. The number of carbonyl (C=O) groups is 7. The number of likely N-dealkylation sites (tertiary alicyclic amines) is 1. The van der Waals surface area contributed by atoms with E-state index in [-0.39, 0.29) is 127 Å². The molecule has 0 spiro atoms. The number of unbranched alkanes of at least 4 members (excludes halogenated alkanes) is 20. The van der Waals surface area contributed by atoms with E-state index in [4.69, 9.17) is 28.4 Å². The van der Waals surface area contributed by atoms with Gasteiger partial charge >= 0.3 is 35.9 Å². The van der Waals surface area contributed by atoms with Gasteiger partial charge in [0.2, 0.25) is 0 Å². The zero-order chi connectivity index (χ0) is 55.2. The second-order valence-electron chi connectivity index (χ2n) is 21.2. The van der Waals surface area contributed by atoms with Crippen molar-refractivity contribution in [2.45, 2.75) is 246 Å². The minimum Gasteiger partial charge on any atom is -0.465 e. The highest BCUT2D eigenvalue weighted by Gasteiger charge is 2.40. The fourth-order valence-corrected chi connectivity index (χ4v) is 9.17. The third kappa shape index (κ3) is 39.3. The van der Waals surface area contributed by atoms with Crippen LogP contribution in [0.4, 0.5) is 4.79 Å².